The summed E-state index contributed by atoms with van der Waals surface area (Å²) < 4.78 is 0. The zero-order chi connectivity index (χ0) is 26.7. The highest BCUT2D eigenvalue weighted by atomic mass is 16.3. The van der Waals surface area contributed by atoms with Crippen LogP contribution in [0.15, 0.2) is 33.9 Å². The normalized spacial score (nSPS) is 12.8. The average molecular weight is 501 g/mol. The first-order valence-corrected chi connectivity index (χ1v) is 12.4. The number of hydrogen-bond acceptors (Lipinski definition) is 6. The van der Waals surface area contributed by atoms with Crippen LogP contribution in [0.3, 0.4) is 0 Å². The fourth-order valence-corrected chi connectivity index (χ4v) is 7.41. The molecule has 4 N–H and O–H groups in total. The van der Waals surface area contributed by atoms with E-state index >= 15 is 0 Å². The maximum Gasteiger partial charge on any atom is 0.190 e. The molecule has 6 nitrogen and oxygen atoms in total. The van der Waals surface area contributed by atoms with Gasteiger partial charge in [-0.2, -0.15) is 0 Å². The highest BCUT2D eigenvalue weighted by molar-refractivity contribution is 6.51. The molecule has 0 unspecified atom stereocenters. The van der Waals surface area contributed by atoms with Crippen molar-refractivity contribution >= 4 is 75.4 Å². The summed E-state index contributed by atoms with van der Waals surface area (Å²) in [5, 5.41) is 52.4. The molecule has 8 rings (SSSR count). The molecule has 0 amide bonds. The van der Waals surface area contributed by atoms with E-state index in [-0.39, 0.29) is 55.4 Å². The first kappa shape index (κ1) is 21.3. The number of rotatable bonds is 0. The summed E-state index contributed by atoms with van der Waals surface area (Å²) in [6.45, 7) is 7.37. The highest BCUT2D eigenvalue weighted by Gasteiger charge is 2.32. The van der Waals surface area contributed by atoms with E-state index in [1.165, 1.54) is 12.1 Å². The van der Waals surface area contributed by atoms with Crippen LogP contribution in [-0.4, -0.2) is 20.4 Å². The second kappa shape index (κ2) is 6.17. The van der Waals surface area contributed by atoms with Gasteiger partial charge in [0.2, 0.25) is 0 Å². The maximum absolute atomic E-state index is 13.4. The Morgan fingerprint density at radius 3 is 0.974 bits per heavy atom. The molecule has 0 aliphatic rings. The first-order valence-electron chi connectivity index (χ1n) is 12.4. The van der Waals surface area contributed by atoms with Gasteiger partial charge in [0.05, 0.1) is 21.5 Å². The van der Waals surface area contributed by atoms with E-state index in [4.69, 9.17) is 0 Å². The number of benzene rings is 8. The third-order valence-electron chi connectivity index (χ3n) is 8.68. The molecule has 8 aromatic carbocycles. The summed E-state index contributed by atoms with van der Waals surface area (Å²) in [6, 6.07) is 6.06. The number of phenols is 4. The summed E-state index contributed by atoms with van der Waals surface area (Å²) in [5.74, 6) is -0.860. The molecule has 0 bridgehead atoms. The average Bonchev–Trinajstić information content (AvgIpc) is 2.82. The van der Waals surface area contributed by atoms with Crippen LogP contribution in [0.4, 0.5) is 0 Å². The highest BCUT2D eigenvalue weighted by Crippen LogP contribution is 2.58. The van der Waals surface area contributed by atoms with E-state index < -0.39 is 0 Å². The fourth-order valence-electron chi connectivity index (χ4n) is 7.41. The topological polar surface area (TPSA) is 115 Å². The van der Waals surface area contributed by atoms with Crippen LogP contribution in [0.5, 0.6) is 23.0 Å². The van der Waals surface area contributed by atoms with Crippen molar-refractivity contribution < 1.29 is 20.4 Å². The quantitative estimate of drug-likeness (QED) is 0.144. The molecular weight excluding hydrogens is 480 g/mol. The van der Waals surface area contributed by atoms with Crippen molar-refractivity contribution in [2.75, 3.05) is 0 Å². The summed E-state index contributed by atoms with van der Waals surface area (Å²) in [4.78, 5) is 26.9. The standard InChI is InChI=1S/C32H20O6/c1-9-5-13(33)21-25-17(9)18-10(2)6-14(34)22-26(18)30-28-20(12(4)8-16(36)24(28)32(22)38)19-11(3)7-15(35)23(31(21)37)27(19)29(25)30/h5-8,33,36-38H,1-4H3. The van der Waals surface area contributed by atoms with Gasteiger partial charge in [0.1, 0.15) is 23.0 Å². The number of aromatic hydroxyl groups is 4. The lowest BCUT2D eigenvalue weighted by Gasteiger charge is -2.26. The molecule has 0 aliphatic carbocycles. The second-order valence-corrected chi connectivity index (χ2v) is 10.8. The molecule has 8 aromatic rings. The van der Waals surface area contributed by atoms with Crippen molar-refractivity contribution in [1.82, 2.24) is 0 Å². The number of aryl methyl sites for hydroxylation is 4. The molecule has 0 fully saturated rings. The molecular formula is C32H20O6. The molecule has 0 atom stereocenters. The zero-order valence-corrected chi connectivity index (χ0v) is 20.9. The van der Waals surface area contributed by atoms with Gasteiger partial charge in [-0.15, -0.1) is 0 Å². The molecule has 0 saturated carbocycles. The van der Waals surface area contributed by atoms with Gasteiger partial charge >= 0.3 is 0 Å². The molecule has 0 spiro atoms. The molecule has 0 heterocycles. The van der Waals surface area contributed by atoms with E-state index in [0.29, 0.717) is 43.4 Å². The SMILES string of the molecule is Cc1cc(O)c2c(O)c3c(=O)cc(C)c4c5c(C)cc(O)c6c(O)c7c(=O)cc(C)c8c1c2c(c34)c(c65)c78. The van der Waals surface area contributed by atoms with Crippen LogP contribution in [0.1, 0.15) is 22.3 Å². The second-order valence-electron chi connectivity index (χ2n) is 10.8. The van der Waals surface area contributed by atoms with Crippen LogP contribution in [0, 0.1) is 27.7 Å². The molecule has 6 heteroatoms. The Balaban J connectivity index is 2.04. The minimum absolute atomic E-state index is 0.101. The van der Waals surface area contributed by atoms with Crippen LogP contribution in [0.2, 0.25) is 0 Å². The number of hydrogen-bond donors (Lipinski definition) is 4. The summed E-state index contributed by atoms with van der Waals surface area (Å²) in [7, 11) is 0. The Hall–Kier alpha value is -4.84. The molecule has 0 radical (unpaired) electrons. The Bertz CT molecular complexity index is 2330. The third-order valence-corrected chi connectivity index (χ3v) is 8.68. The van der Waals surface area contributed by atoms with Crippen molar-refractivity contribution in [3.63, 3.8) is 0 Å². The minimum Gasteiger partial charge on any atom is -0.507 e. The maximum atomic E-state index is 13.4. The molecule has 0 aliphatic heterocycles. The van der Waals surface area contributed by atoms with E-state index in [1.54, 1.807) is 12.1 Å². The van der Waals surface area contributed by atoms with Crippen LogP contribution in [0.25, 0.3) is 75.4 Å². The molecule has 0 aromatic heterocycles. The van der Waals surface area contributed by atoms with Gasteiger partial charge in [0.15, 0.2) is 10.9 Å². The predicted octanol–water partition coefficient (Wildman–Crippen LogP) is 6.29. The van der Waals surface area contributed by atoms with Crippen molar-refractivity contribution in [1.29, 1.82) is 0 Å². The lowest BCUT2D eigenvalue weighted by Crippen LogP contribution is -2.08. The van der Waals surface area contributed by atoms with E-state index in [9.17, 15) is 30.0 Å². The monoisotopic (exact) mass is 500 g/mol. The minimum atomic E-state index is -0.371. The largest absolute Gasteiger partial charge is 0.507 e. The fraction of sp³-hybridized carbons (Fsp3) is 0.125. The summed E-state index contributed by atoms with van der Waals surface area (Å²) in [6.07, 6.45) is 0. The van der Waals surface area contributed by atoms with Crippen molar-refractivity contribution in [2.45, 2.75) is 27.7 Å². The number of phenolic OH excluding ortho intramolecular Hbond substituents is 4. The summed E-state index contributed by atoms with van der Waals surface area (Å²) >= 11 is 0. The molecule has 184 valence electrons. The Kier molecular flexibility index (Phi) is 3.45. The zero-order valence-electron chi connectivity index (χ0n) is 20.9. The van der Waals surface area contributed by atoms with Gasteiger partial charge in [0.25, 0.3) is 0 Å². The van der Waals surface area contributed by atoms with Crippen LogP contribution in [-0.2, 0) is 0 Å². The Labute approximate surface area is 213 Å². The van der Waals surface area contributed by atoms with Crippen LogP contribution < -0.4 is 10.9 Å². The number of fused-ring (bicyclic) bond motifs is 2. The van der Waals surface area contributed by atoms with Gasteiger partial charge in [-0.3, -0.25) is 9.59 Å². The van der Waals surface area contributed by atoms with E-state index in [0.717, 1.165) is 32.7 Å². The van der Waals surface area contributed by atoms with Gasteiger partial charge in [-0.05, 0) is 95.8 Å². The smallest absolute Gasteiger partial charge is 0.190 e. The lowest BCUT2D eigenvalue weighted by molar-refractivity contribution is 0.465. The van der Waals surface area contributed by atoms with E-state index in [2.05, 4.69) is 0 Å². The Morgan fingerprint density at radius 1 is 0.368 bits per heavy atom. The first-order chi connectivity index (χ1) is 18.0. The van der Waals surface area contributed by atoms with Crippen molar-refractivity contribution in [3.8, 4) is 23.0 Å². The van der Waals surface area contributed by atoms with Gasteiger partial charge in [-0.1, -0.05) is 0 Å². The lowest BCUT2D eigenvalue weighted by atomic mass is 9.77. The summed E-state index contributed by atoms with van der Waals surface area (Å²) in [5.41, 5.74) is 2.10. The van der Waals surface area contributed by atoms with Gasteiger partial charge in [-0.25, -0.2) is 0 Å². The van der Waals surface area contributed by atoms with Crippen molar-refractivity contribution in [2.24, 2.45) is 0 Å². The molecule has 0 saturated heterocycles. The van der Waals surface area contributed by atoms with E-state index in [1.807, 2.05) is 27.7 Å². The Morgan fingerprint density at radius 2 is 0.632 bits per heavy atom. The predicted molar refractivity (Wildman–Crippen MR) is 152 cm³/mol. The van der Waals surface area contributed by atoms with Crippen molar-refractivity contribution in [3.05, 3.63) is 67.0 Å². The molecule has 38 heavy (non-hydrogen) atoms. The van der Waals surface area contributed by atoms with Gasteiger partial charge < -0.3 is 20.4 Å². The van der Waals surface area contributed by atoms with Gasteiger partial charge in [0, 0.05) is 32.3 Å². The van der Waals surface area contributed by atoms with Crippen LogP contribution >= 0.6 is 0 Å². The third kappa shape index (κ3) is 2.00.